The highest BCUT2D eigenvalue weighted by Gasteiger charge is 2.21. The smallest absolute Gasteiger partial charge is 0.254 e. The number of carbonyl (C=O) groups excluding carboxylic acids is 2. The minimum atomic E-state index is -0.935. The Labute approximate surface area is 133 Å². The second kappa shape index (κ2) is 7.40. The summed E-state index contributed by atoms with van der Waals surface area (Å²) in [6.07, 6.45) is 0.208. The molecule has 23 heavy (non-hydrogen) atoms. The number of ether oxygens (including phenoxy) is 1. The van der Waals surface area contributed by atoms with Gasteiger partial charge >= 0.3 is 0 Å². The summed E-state index contributed by atoms with van der Waals surface area (Å²) in [5.41, 5.74) is 6.00. The number of hydrogen-bond acceptors (Lipinski definition) is 3. The van der Waals surface area contributed by atoms with Crippen LogP contribution in [0.3, 0.4) is 0 Å². The molecule has 0 bridgehead atoms. The van der Waals surface area contributed by atoms with Crippen LogP contribution in [0, 0.1) is 5.82 Å². The van der Waals surface area contributed by atoms with Crippen molar-refractivity contribution in [3.05, 3.63) is 65.5 Å². The van der Waals surface area contributed by atoms with E-state index in [2.05, 4.69) is 5.32 Å². The lowest BCUT2D eigenvalue weighted by molar-refractivity contribution is -0.119. The van der Waals surface area contributed by atoms with Gasteiger partial charge in [-0.25, -0.2) is 4.39 Å². The first kappa shape index (κ1) is 16.5. The molecule has 5 nitrogen and oxygen atoms in total. The van der Waals surface area contributed by atoms with E-state index < -0.39 is 23.7 Å². The van der Waals surface area contributed by atoms with E-state index in [4.69, 9.17) is 10.5 Å². The van der Waals surface area contributed by atoms with E-state index in [9.17, 15) is 14.0 Å². The van der Waals surface area contributed by atoms with Gasteiger partial charge in [-0.15, -0.1) is 0 Å². The van der Waals surface area contributed by atoms with Crippen LogP contribution in [0.15, 0.2) is 48.5 Å². The average molecular weight is 316 g/mol. The van der Waals surface area contributed by atoms with Crippen molar-refractivity contribution in [3.63, 3.8) is 0 Å². The predicted octanol–water partition coefficient (Wildman–Crippen LogP) is 1.66. The molecule has 0 aromatic heterocycles. The third-order valence-corrected chi connectivity index (χ3v) is 3.37. The average Bonchev–Trinajstić information content (AvgIpc) is 2.55. The second-order valence-electron chi connectivity index (χ2n) is 4.96. The highest BCUT2D eigenvalue weighted by Crippen LogP contribution is 2.13. The Morgan fingerprint density at radius 3 is 2.39 bits per heavy atom. The Kier molecular flexibility index (Phi) is 5.30. The normalized spacial score (nSPS) is 11.6. The molecule has 0 heterocycles. The lowest BCUT2D eigenvalue weighted by Crippen LogP contribution is -2.46. The monoisotopic (exact) mass is 316 g/mol. The van der Waals surface area contributed by atoms with Crippen molar-refractivity contribution in [3.8, 4) is 5.75 Å². The highest BCUT2D eigenvalue weighted by molar-refractivity contribution is 5.97. The Morgan fingerprint density at radius 1 is 1.17 bits per heavy atom. The molecule has 120 valence electrons. The number of nitrogens with one attached hydrogen (secondary N) is 1. The van der Waals surface area contributed by atoms with Crippen LogP contribution < -0.4 is 15.8 Å². The van der Waals surface area contributed by atoms with E-state index >= 15 is 0 Å². The molecule has 0 spiro atoms. The van der Waals surface area contributed by atoms with Crippen molar-refractivity contribution >= 4 is 11.8 Å². The highest BCUT2D eigenvalue weighted by atomic mass is 19.1. The van der Waals surface area contributed by atoms with E-state index in [1.807, 2.05) is 0 Å². The SMILES string of the molecule is COc1ccc(C[C@@H](NC(=O)c2ccccc2F)C(N)=O)cc1. The maximum absolute atomic E-state index is 13.6. The summed E-state index contributed by atoms with van der Waals surface area (Å²) in [4.78, 5) is 23.7. The zero-order valence-corrected chi connectivity index (χ0v) is 12.6. The summed E-state index contributed by atoms with van der Waals surface area (Å²) < 4.78 is 18.7. The molecular weight excluding hydrogens is 299 g/mol. The van der Waals surface area contributed by atoms with Gasteiger partial charge in [0.25, 0.3) is 5.91 Å². The first-order valence-corrected chi connectivity index (χ1v) is 6.99. The van der Waals surface area contributed by atoms with Crippen LogP contribution in [0.2, 0.25) is 0 Å². The molecule has 0 saturated carbocycles. The summed E-state index contributed by atoms with van der Waals surface area (Å²) in [5.74, 6) is -1.34. The van der Waals surface area contributed by atoms with E-state index in [0.717, 1.165) is 5.56 Å². The molecule has 2 amide bonds. The Morgan fingerprint density at radius 2 is 1.83 bits per heavy atom. The molecule has 0 saturated heterocycles. The van der Waals surface area contributed by atoms with Crippen molar-refractivity contribution in [2.24, 2.45) is 5.73 Å². The number of carbonyl (C=O) groups is 2. The van der Waals surface area contributed by atoms with Crippen LogP contribution in [-0.4, -0.2) is 25.0 Å². The number of primary amides is 1. The number of halogens is 1. The number of rotatable bonds is 6. The van der Waals surface area contributed by atoms with E-state index in [1.165, 1.54) is 18.2 Å². The van der Waals surface area contributed by atoms with Gasteiger partial charge in [0.1, 0.15) is 17.6 Å². The standard InChI is InChI=1S/C17H17FN2O3/c1-23-12-8-6-11(7-9-12)10-15(16(19)21)20-17(22)13-4-2-3-5-14(13)18/h2-9,15H,10H2,1H3,(H2,19,21)(H,20,22)/t15-/m1/s1. The van der Waals surface area contributed by atoms with Gasteiger partial charge < -0.3 is 15.8 Å². The molecule has 1 atom stereocenters. The van der Waals surface area contributed by atoms with Gasteiger partial charge in [0.05, 0.1) is 12.7 Å². The third kappa shape index (κ3) is 4.29. The Bertz CT molecular complexity index is 701. The Hall–Kier alpha value is -2.89. The van der Waals surface area contributed by atoms with E-state index in [0.29, 0.717) is 5.75 Å². The minimum Gasteiger partial charge on any atom is -0.497 e. The summed E-state index contributed by atoms with van der Waals surface area (Å²) >= 11 is 0. The first-order chi connectivity index (χ1) is 11.0. The van der Waals surface area contributed by atoms with Gasteiger partial charge in [-0.05, 0) is 29.8 Å². The minimum absolute atomic E-state index is 0.131. The quantitative estimate of drug-likeness (QED) is 0.850. The first-order valence-electron chi connectivity index (χ1n) is 6.99. The molecule has 0 aliphatic rings. The maximum atomic E-state index is 13.6. The number of nitrogens with two attached hydrogens (primary N) is 1. The molecule has 0 unspecified atom stereocenters. The summed E-state index contributed by atoms with van der Waals surface area (Å²) in [5, 5.41) is 2.47. The molecule has 2 aromatic rings. The molecule has 0 fully saturated rings. The molecule has 0 radical (unpaired) electrons. The molecule has 2 aromatic carbocycles. The van der Waals surface area contributed by atoms with Crippen molar-refractivity contribution in [2.45, 2.75) is 12.5 Å². The Balaban J connectivity index is 2.11. The van der Waals surface area contributed by atoms with Crippen molar-refractivity contribution < 1.29 is 18.7 Å². The van der Waals surface area contributed by atoms with Crippen LogP contribution in [-0.2, 0) is 11.2 Å². The zero-order chi connectivity index (χ0) is 16.8. The van der Waals surface area contributed by atoms with Crippen LogP contribution in [0.1, 0.15) is 15.9 Å². The van der Waals surface area contributed by atoms with Gasteiger partial charge in [0.2, 0.25) is 5.91 Å². The van der Waals surface area contributed by atoms with E-state index in [1.54, 1.807) is 37.4 Å². The van der Waals surface area contributed by atoms with Crippen LogP contribution in [0.5, 0.6) is 5.75 Å². The molecule has 3 N–H and O–H groups in total. The lowest BCUT2D eigenvalue weighted by Gasteiger charge is -2.16. The topological polar surface area (TPSA) is 81.4 Å². The number of hydrogen-bond donors (Lipinski definition) is 2. The molecular formula is C17H17FN2O3. The van der Waals surface area contributed by atoms with Gasteiger partial charge in [-0.2, -0.15) is 0 Å². The van der Waals surface area contributed by atoms with Crippen LogP contribution in [0.4, 0.5) is 4.39 Å². The van der Waals surface area contributed by atoms with Crippen molar-refractivity contribution in [1.29, 1.82) is 0 Å². The third-order valence-electron chi connectivity index (χ3n) is 3.37. The molecule has 6 heteroatoms. The van der Waals surface area contributed by atoms with Gasteiger partial charge in [0.15, 0.2) is 0 Å². The fraction of sp³-hybridized carbons (Fsp3) is 0.176. The zero-order valence-electron chi connectivity index (χ0n) is 12.6. The van der Waals surface area contributed by atoms with E-state index in [-0.39, 0.29) is 12.0 Å². The summed E-state index contributed by atoms with van der Waals surface area (Å²) in [7, 11) is 1.55. The fourth-order valence-corrected chi connectivity index (χ4v) is 2.10. The number of amides is 2. The molecule has 0 aliphatic carbocycles. The largest absolute Gasteiger partial charge is 0.497 e. The second-order valence-corrected chi connectivity index (χ2v) is 4.96. The molecule has 2 rings (SSSR count). The van der Waals surface area contributed by atoms with Gasteiger partial charge in [-0.1, -0.05) is 24.3 Å². The maximum Gasteiger partial charge on any atom is 0.254 e. The number of methoxy groups -OCH3 is 1. The van der Waals surface area contributed by atoms with Crippen molar-refractivity contribution in [1.82, 2.24) is 5.32 Å². The van der Waals surface area contributed by atoms with Crippen molar-refractivity contribution in [2.75, 3.05) is 7.11 Å². The van der Waals surface area contributed by atoms with Gasteiger partial charge in [-0.3, -0.25) is 9.59 Å². The van der Waals surface area contributed by atoms with Crippen LogP contribution >= 0.6 is 0 Å². The number of benzene rings is 2. The summed E-state index contributed by atoms with van der Waals surface area (Å²) in [6, 6.07) is 11.6. The van der Waals surface area contributed by atoms with Gasteiger partial charge in [0, 0.05) is 6.42 Å². The lowest BCUT2D eigenvalue weighted by atomic mass is 10.0. The fourth-order valence-electron chi connectivity index (χ4n) is 2.10. The molecule has 0 aliphatic heterocycles. The van der Waals surface area contributed by atoms with Crippen LogP contribution in [0.25, 0.3) is 0 Å². The predicted molar refractivity (Wildman–Crippen MR) is 83.5 cm³/mol. The summed E-state index contributed by atoms with van der Waals surface area (Å²) in [6.45, 7) is 0.